The van der Waals surface area contributed by atoms with Gasteiger partial charge in [-0.15, -0.1) is 21.8 Å². The molecular formula is C15H20ClN3. The highest BCUT2D eigenvalue weighted by Crippen LogP contribution is 2.21. The molecular weight excluding hydrogens is 258 g/mol. The summed E-state index contributed by atoms with van der Waals surface area (Å²) in [5.74, 6) is 2.18. The summed E-state index contributed by atoms with van der Waals surface area (Å²) in [5, 5.41) is 8.51. The molecule has 0 atom stereocenters. The maximum Gasteiger partial charge on any atom is 0.148 e. The third-order valence-electron chi connectivity index (χ3n) is 3.03. The SMILES string of the molecule is Cc1cccc(Cc2nnc(CCl)n2C(C)(C)C)c1. The van der Waals surface area contributed by atoms with Crippen LogP contribution in [0.5, 0.6) is 0 Å². The van der Waals surface area contributed by atoms with E-state index in [0.717, 1.165) is 18.1 Å². The highest BCUT2D eigenvalue weighted by Gasteiger charge is 2.22. The Morgan fingerprint density at radius 2 is 1.84 bits per heavy atom. The van der Waals surface area contributed by atoms with Crippen molar-refractivity contribution < 1.29 is 0 Å². The van der Waals surface area contributed by atoms with Crippen LogP contribution < -0.4 is 0 Å². The lowest BCUT2D eigenvalue weighted by Crippen LogP contribution is -2.26. The Morgan fingerprint density at radius 1 is 1.16 bits per heavy atom. The fourth-order valence-electron chi connectivity index (χ4n) is 2.33. The van der Waals surface area contributed by atoms with Crippen molar-refractivity contribution in [3.8, 4) is 0 Å². The smallest absolute Gasteiger partial charge is 0.148 e. The van der Waals surface area contributed by atoms with E-state index in [1.54, 1.807) is 0 Å². The van der Waals surface area contributed by atoms with E-state index in [1.807, 2.05) is 0 Å². The van der Waals surface area contributed by atoms with Crippen molar-refractivity contribution in [3.63, 3.8) is 0 Å². The summed E-state index contributed by atoms with van der Waals surface area (Å²) >= 11 is 5.96. The van der Waals surface area contributed by atoms with E-state index in [1.165, 1.54) is 11.1 Å². The number of rotatable bonds is 3. The second-order valence-electron chi connectivity index (χ2n) is 5.84. The van der Waals surface area contributed by atoms with Crippen LogP contribution in [-0.2, 0) is 17.8 Å². The fraction of sp³-hybridized carbons (Fsp3) is 0.467. The van der Waals surface area contributed by atoms with Crippen LogP contribution in [0.4, 0.5) is 0 Å². The van der Waals surface area contributed by atoms with Crippen LogP contribution in [0, 0.1) is 6.92 Å². The first-order chi connectivity index (χ1) is 8.91. The number of hydrogen-bond donors (Lipinski definition) is 0. The van der Waals surface area contributed by atoms with Gasteiger partial charge in [-0.2, -0.15) is 0 Å². The molecule has 0 amide bonds. The minimum Gasteiger partial charge on any atom is -0.308 e. The summed E-state index contributed by atoms with van der Waals surface area (Å²) in [6.07, 6.45) is 0.781. The van der Waals surface area contributed by atoms with Gasteiger partial charge in [0.2, 0.25) is 0 Å². The molecule has 3 nitrogen and oxygen atoms in total. The molecule has 19 heavy (non-hydrogen) atoms. The van der Waals surface area contributed by atoms with E-state index in [2.05, 4.69) is 66.7 Å². The fourth-order valence-corrected chi connectivity index (χ4v) is 2.51. The monoisotopic (exact) mass is 277 g/mol. The van der Waals surface area contributed by atoms with Crippen molar-refractivity contribution in [1.82, 2.24) is 14.8 Å². The molecule has 4 heteroatoms. The minimum absolute atomic E-state index is 0.0626. The molecule has 2 aromatic rings. The van der Waals surface area contributed by atoms with E-state index in [0.29, 0.717) is 5.88 Å². The lowest BCUT2D eigenvalue weighted by molar-refractivity contribution is 0.375. The third-order valence-corrected chi connectivity index (χ3v) is 3.27. The molecule has 1 aromatic carbocycles. The zero-order chi connectivity index (χ0) is 14.0. The number of benzene rings is 1. The molecule has 0 aliphatic heterocycles. The summed E-state index contributed by atoms with van der Waals surface area (Å²) in [4.78, 5) is 0. The predicted molar refractivity (Wildman–Crippen MR) is 78.6 cm³/mol. The lowest BCUT2D eigenvalue weighted by Gasteiger charge is -2.24. The molecule has 0 aliphatic carbocycles. The highest BCUT2D eigenvalue weighted by atomic mass is 35.5. The second-order valence-corrected chi connectivity index (χ2v) is 6.11. The van der Waals surface area contributed by atoms with Crippen molar-refractivity contribution in [2.75, 3.05) is 0 Å². The van der Waals surface area contributed by atoms with E-state index in [9.17, 15) is 0 Å². The van der Waals surface area contributed by atoms with Gasteiger partial charge < -0.3 is 4.57 Å². The van der Waals surface area contributed by atoms with Crippen LogP contribution in [-0.4, -0.2) is 14.8 Å². The van der Waals surface area contributed by atoms with Crippen LogP contribution in [0.1, 0.15) is 43.5 Å². The standard InChI is InChI=1S/C15H20ClN3/c1-11-6-5-7-12(8-11)9-13-17-18-14(10-16)19(13)15(2,3)4/h5-8H,9-10H2,1-4H3. The number of hydrogen-bond acceptors (Lipinski definition) is 2. The Hall–Kier alpha value is -1.35. The van der Waals surface area contributed by atoms with Crippen LogP contribution in [0.15, 0.2) is 24.3 Å². The van der Waals surface area contributed by atoms with Crippen LogP contribution in [0.2, 0.25) is 0 Å². The topological polar surface area (TPSA) is 30.7 Å². The zero-order valence-electron chi connectivity index (χ0n) is 11.9. The number of nitrogens with zero attached hydrogens (tertiary/aromatic N) is 3. The van der Waals surface area contributed by atoms with Gasteiger partial charge in [0.25, 0.3) is 0 Å². The van der Waals surface area contributed by atoms with Gasteiger partial charge in [-0.25, -0.2) is 0 Å². The second kappa shape index (κ2) is 5.33. The molecule has 102 valence electrons. The first-order valence-corrected chi connectivity index (χ1v) is 7.00. The van der Waals surface area contributed by atoms with Crippen LogP contribution in [0.3, 0.4) is 0 Å². The quantitative estimate of drug-likeness (QED) is 0.802. The Labute approximate surface area is 119 Å². The molecule has 0 saturated heterocycles. The van der Waals surface area contributed by atoms with Crippen molar-refractivity contribution in [2.24, 2.45) is 0 Å². The van der Waals surface area contributed by atoms with Gasteiger partial charge in [0.1, 0.15) is 11.6 Å². The van der Waals surface area contributed by atoms with Crippen molar-refractivity contribution in [1.29, 1.82) is 0 Å². The largest absolute Gasteiger partial charge is 0.308 e. The van der Waals surface area contributed by atoms with Gasteiger partial charge in [0.05, 0.1) is 5.88 Å². The molecule has 0 spiro atoms. The van der Waals surface area contributed by atoms with Gasteiger partial charge in [-0.1, -0.05) is 29.8 Å². The van der Waals surface area contributed by atoms with E-state index in [4.69, 9.17) is 11.6 Å². The highest BCUT2D eigenvalue weighted by molar-refractivity contribution is 6.16. The minimum atomic E-state index is -0.0626. The molecule has 1 aromatic heterocycles. The average molecular weight is 278 g/mol. The third kappa shape index (κ3) is 3.16. The van der Waals surface area contributed by atoms with Gasteiger partial charge in [-0.3, -0.25) is 0 Å². The Kier molecular flexibility index (Phi) is 3.95. The number of alkyl halides is 1. The maximum atomic E-state index is 5.96. The van der Waals surface area contributed by atoms with E-state index in [-0.39, 0.29) is 5.54 Å². The number of aromatic nitrogens is 3. The van der Waals surface area contributed by atoms with Gasteiger partial charge in [0, 0.05) is 12.0 Å². The summed E-state index contributed by atoms with van der Waals surface area (Å²) in [6.45, 7) is 8.53. The summed E-state index contributed by atoms with van der Waals surface area (Å²) in [7, 11) is 0. The first-order valence-electron chi connectivity index (χ1n) is 6.47. The molecule has 0 bridgehead atoms. The van der Waals surface area contributed by atoms with Crippen molar-refractivity contribution in [2.45, 2.75) is 45.5 Å². The average Bonchev–Trinajstić information content (AvgIpc) is 2.71. The first kappa shape index (κ1) is 14.1. The predicted octanol–water partition coefficient (Wildman–Crippen LogP) is 3.67. The molecule has 0 aliphatic rings. The Morgan fingerprint density at radius 3 is 2.42 bits per heavy atom. The van der Waals surface area contributed by atoms with Gasteiger partial charge >= 0.3 is 0 Å². The number of aryl methyl sites for hydroxylation is 1. The maximum absolute atomic E-state index is 5.96. The summed E-state index contributed by atoms with van der Waals surface area (Å²) in [6, 6.07) is 8.48. The molecule has 0 radical (unpaired) electrons. The molecule has 0 saturated carbocycles. The van der Waals surface area contributed by atoms with Crippen molar-refractivity contribution in [3.05, 3.63) is 47.0 Å². The molecule has 1 heterocycles. The zero-order valence-corrected chi connectivity index (χ0v) is 12.7. The Balaban J connectivity index is 2.38. The molecule has 0 N–H and O–H groups in total. The normalized spacial score (nSPS) is 11.8. The van der Waals surface area contributed by atoms with Crippen LogP contribution >= 0.6 is 11.6 Å². The van der Waals surface area contributed by atoms with Gasteiger partial charge in [-0.05, 0) is 33.3 Å². The van der Waals surface area contributed by atoms with Crippen LogP contribution in [0.25, 0.3) is 0 Å². The number of halogens is 1. The molecule has 2 rings (SSSR count). The summed E-state index contributed by atoms with van der Waals surface area (Å²) in [5.41, 5.74) is 2.45. The van der Waals surface area contributed by atoms with E-state index >= 15 is 0 Å². The van der Waals surface area contributed by atoms with Crippen molar-refractivity contribution >= 4 is 11.6 Å². The van der Waals surface area contributed by atoms with E-state index < -0.39 is 0 Å². The summed E-state index contributed by atoms with van der Waals surface area (Å²) < 4.78 is 2.14. The van der Waals surface area contributed by atoms with Gasteiger partial charge in [0.15, 0.2) is 0 Å². The lowest BCUT2D eigenvalue weighted by atomic mass is 10.1. The Bertz CT molecular complexity index is 567. The molecule has 0 unspecified atom stereocenters. The molecule has 0 fully saturated rings.